The summed E-state index contributed by atoms with van der Waals surface area (Å²) < 4.78 is 1.90. The Labute approximate surface area is 148 Å². The van der Waals surface area contributed by atoms with E-state index in [0.717, 1.165) is 28.5 Å². The lowest BCUT2D eigenvalue weighted by Crippen LogP contribution is -2.00. The van der Waals surface area contributed by atoms with Crippen molar-refractivity contribution in [3.8, 4) is 0 Å². The van der Waals surface area contributed by atoms with Gasteiger partial charge >= 0.3 is 0 Å². The minimum Gasteiger partial charge on any atom is -0.337 e. The molecule has 0 aliphatic heterocycles. The molecule has 0 unspecified atom stereocenters. The summed E-state index contributed by atoms with van der Waals surface area (Å²) in [6, 6.07) is 8.42. The van der Waals surface area contributed by atoms with Crippen LogP contribution < -0.4 is 5.32 Å². The average Bonchev–Trinajstić information content (AvgIpc) is 3.22. The molecule has 0 amide bonds. The number of aryl methyl sites for hydroxylation is 1. The molecule has 0 spiro atoms. The van der Waals surface area contributed by atoms with Crippen molar-refractivity contribution in [3.63, 3.8) is 0 Å². The van der Waals surface area contributed by atoms with E-state index in [1.807, 2.05) is 17.1 Å². The molecule has 0 aliphatic rings. The number of thioether (sulfide) groups is 1. The number of hydrogen-bond acceptors (Lipinski definition) is 6. The first-order chi connectivity index (χ1) is 12.2. The molecule has 2 N–H and O–H groups in total. The number of benzene rings is 1. The Balaban J connectivity index is 1.58. The average molecular weight is 351 g/mol. The summed E-state index contributed by atoms with van der Waals surface area (Å²) in [6.45, 7) is 2.82. The fourth-order valence-corrected chi connectivity index (χ4v) is 3.26. The molecule has 0 aliphatic carbocycles. The maximum absolute atomic E-state index is 4.43. The summed E-state index contributed by atoms with van der Waals surface area (Å²) in [5.74, 6) is 0.721. The Morgan fingerprint density at radius 3 is 3.04 bits per heavy atom. The smallest absolute Gasteiger partial charge is 0.161 e. The van der Waals surface area contributed by atoms with Crippen LogP contribution in [0.2, 0.25) is 0 Å². The van der Waals surface area contributed by atoms with Gasteiger partial charge in [0.25, 0.3) is 0 Å². The molecule has 126 valence electrons. The van der Waals surface area contributed by atoms with E-state index in [1.54, 1.807) is 18.0 Å². The van der Waals surface area contributed by atoms with Crippen molar-refractivity contribution in [3.05, 3.63) is 54.1 Å². The van der Waals surface area contributed by atoms with E-state index in [0.29, 0.717) is 5.65 Å². The van der Waals surface area contributed by atoms with E-state index < -0.39 is 0 Å². The number of H-pyrrole nitrogens is 1. The number of aromatic amines is 1. The van der Waals surface area contributed by atoms with Gasteiger partial charge in [-0.25, -0.2) is 9.97 Å². The zero-order chi connectivity index (χ0) is 17.2. The van der Waals surface area contributed by atoms with E-state index in [4.69, 9.17) is 0 Å². The van der Waals surface area contributed by atoms with E-state index in [1.165, 1.54) is 17.5 Å². The fraction of sp³-hybridized carbons (Fsp3) is 0.176. The Hall–Kier alpha value is -2.87. The number of aromatic nitrogens is 6. The largest absolute Gasteiger partial charge is 0.337 e. The molecule has 0 atom stereocenters. The Bertz CT molecular complexity index is 1020. The number of anilines is 2. The lowest BCUT2D eigenvalue weighted by atomic mass is 10.1. The topological polar surface area (TPSA) is 84.3 Å². The highest BCUT2D eigenvalue weighted by atomic mass is 32.2. The van der Waals surface area contributed by atoms with Crippen molar-refractivity contribution in [2.75, 3.05) is 11.6 Å². The van der Waals surface area contributed by atoms with Crippen LogP contribution in [0.25, 0.3) is 11.0 Å². The zero-order valence-corrected chi connectivity index (χ0v) is 14.7. The van der Waals surface area contributed by atoms with Gasteiger partial charge in [0.2, 0.25) is 0 Å². The maximum Gasteiger partial charge on any atom is 0.161 e. The lowest BCUT2D eigenvalue weighted by molar-refractivity contribution is 0.686. The summed E-state index contributed by atoms with van der Waals surface area (Å²) in [7, 11) is 0. The van der Waals surface area contributed by atoms with Gasteiger partial charge in [-0.3, -0.25) is 9.78 Å². The van der Waals surface area contributed by atoms with Crippen LogP contribution in [0.5, 0.6) is 0 Å². The van der Waals surface area contributed by atoms with Crippen molar-refractivity contribution in [2.24, 2.45) is 0 Å². The van der Waals surface area contributed by atoms with Crippen molar-refractivity contribution in [1.82, 2.24) is 29.9 Å². The van der Waals surface area contributed by atoms with Crippen molar-refractivity contribution < 1.29 is 0 Å². The lowest BCUT2D eigenvalue weighted by Gasteiger charge is -2.04. The molecule has 0 saturated carbocycles. The molecule has 0 bridgehead atoms. The molecular formula is C17H17N7S. The van der Waals surface area contributed by atoms with Crippen LogP contribution in [0.4, 0.5) is 11.5 Å². The van der Waals surface area contributed by atoms with Crippen LogP contribution in [0.1, 0.15) is 11.1 Å². The first kappa shape index (κ1) is 15.6. The third-order valence-corrected chi connectivity index (χ3v) is 4.52. The molecule has 7 nitrogen and oxygen atoms in total. The predicted octanol–water partition coefficient (Wildman–Crippen LogP) is 3.37. The number of hydrogen-bond donors (Lipinski definition) is 2. The van der Waals surface area contributed by atoms with Gasteiger partial charge in [-0.15, -0.1) is 11.8 Å². The normalized spacial score (nSPS) is 11.1. The molecule has 25 heavy (non-hydrogen) atoms. The van der Waals surface area contributed by atoms with Gasteiger partial charge in [0.15, 0.2) is 5.65 Å². The van der Waals surface area contributed by atoms with Gasteiger partial charge in [0.05, 0.1) is 23.8 Å². The molecule has 4 aromatic rings. The Morgan fingerprint density at radius 1 is 1.28 bits per heavy atom. The molecule has 4 rings (SSSR count). The number of rotatable bonds is 5. The third kappa shape index (κ3) is 3.20. The van der Waals surface area contributed by atoms with Crippen LogP contribution >= 0.6 is 11.8 Å². The zero-order valence-electron chi connectivity index (χ0n) is 13.9. The quantitative estimate of drug-likeness (QED) is 0.536. The number of fused-ring (bicyclic) bond motifs is 1. The minimum atomic E-state index is 0.717. The van der Waals surface area contributed by atoms with Gasteiger partial charge in [-0.1, -0.05) is 29.8 Å². The molecule has 3 aromatic heterocycles. The molecule has 1 aromatic carbocycles. The second-order valence-corrected chi connectivity index (χ2v) is 6.51. The van der Waals surface area contributed by atoms with Crippen LogP contribution in [0.3, 0.4) is 0 Å². The SMILES string of the molecule is CSc1n[nH]c2ncnc(Nc3cnn(Cc4cccc(C)c4)c3)c12. The van der Waals surface area contributed by atoms with Crippen LogP contribution in [0.15, 0.2) is 48.0 Å². The summed E-state index contributed by atoms with van der Waals surface area (Å²) in [6.07, 6.45) is 7.26. The van der Waals surface area contributed by atoms with Crippen molar-refractivity contribution >= 4 is 34.3 Å². The van der Waals surface area contributed by atoms with Gasteiger partial charge in [-0.05, 0) is 18.7 Å². The van der Waals surface area contributed by atoms with Crippen LogP contribution in [-0.2, 0) is 6.54 Å². The summed E-state index contributed by atoms with van der Waals surface area (Å²) in [5.41, 5.74) is 4.06. The number of nitrogens with one attached hydrogen (secondary N) is 2. The first-order valence-electron chi connectivity index (χ1n) is 7.81. The van der Waals surface area contributed by atoms with Crippen molar-refractivity contribution in [2.45, 2.75) is 18.5 Å². The molecule has 0 saturated heterocycles. The van der Waals surface area contributed by atoms with Crippen LogP contribution in [-0.4, -0.2) is 36.2 Å². The minimum absolute atomic E-state index is 0.717. The molecular weight excluding hydrogens is 334 g/mol. The molecule has 8 heteroatoms. The van der Waals surface area contributed by atoms with Gasteiger partial charge in [0.1, 0.15) is 17.2 Å². The summed E-state index contributed by atoms with van der Waals surface area (Å²) in [5, 5.41) is 16.7. The second kappa shape index (κ2) is 6.56. The number of nitrogens with zero attached hydrogens (tertiary/aromatic N) is 5. The van der Waals surface area contributed by atoms with E-state index in [-0.39, 0.29) is 0 Å². The van der Waals surface area contributed by atoms with Crippen molar-refractivity contribution in [1.29, 1.82) is 0 Å². The van der Waals surface area contributed by atoms with E-state index >= 15 is 0 Å². The highest BCUT2D eigenvalue weighted by Gasteiger charge is 2.12. The maximum atomic E-state index is 4.43. The second-order valence-electron chi connectivity index (χ2n) is 5.72. The van der Waals surface area contributed by atoms with Gasteiger partial charge in [-0.2, -0.15) is 10.2 Å². The summed E-state index contributed by atoms with van der Waals surface area (Å²) in [4.78, 5) is 8.57. The molecule has 0 fully saturated rings. The predicted molar refractivity (Wildman–Crippen MR) is 99.3 cm³/mol. The molecule has 0 radical (unpaired) electrons. The Kier molecular flexibility index (Phi) is 4.10. The highest BCUT2D eigenvalue weighted by Crippen LogP contribution is 2.29. The highest BCUT2D eigenvalue weighted by molar-refractivity contribution is 7.98. The molecule has 3 heterocycles. The van der Waals surface area contributed by atoms with E-state index in [9.17, 15) is 0 Å². The van der Waals surface area contributed by atoms with Crippen LogP contribution in [0, 0.1) is 6.92 Å². The van der Waals surface area contributed by atoms with Gasteiger partial charge < -0.3 is 5.32 Å². The monoisotopic (exact) mass is 351 g/mol. The first-order valence-corrected chi connectivity index (χ1v) is 9.03. The third-order valence-electron chi connectivity index (χ3n) is 3.84. The standard InChI is InChI=1S/C17H17N7S/c1-11-4-3-5-12(6-11)8-24-9-13(7-20-24)21-15-14-16(19-10-18-15)22-23-17(14)25-2/h3-7,9-10H,8H2,1-2H3,(H2,18,19,21,22,23). The van der Waals surface area contributed by atoms with Gasteiger partial charge in [0, 0.05) is 6.20 Å². The Morgan fingerprint density at radius 2 is 2.20 bits per heavy atom. The van der Waals surface area contributed by atoms with E-state index in [2.05, 4.69) is 61.8 Å². The summed E-state index contributed by atoms with van der Waals surface area (Å²) >= 11 is 1.55. The fourth-order valence-electron chi connectivity index (χ4n) is 2.72.